The molecular weight excluding hydrogens is 343 g/mol. The van der Waals surface area contributed by atoms with E-state index in [0.717, 1.165) is 45.5 Å². The smallest absolute Gasteiger partial charge is 0.187 e. The Hall–Kier alpha value is -3.28. The molecule has 4 rings (SSSR count). The van der Waals surface area contributed by atoms with Crippen molar-refractivity contribution in [2.45, 2.75) is 26.7 Å². The second-order valence-corrected chi connectivity index (χ2v) is 6.60. The summed E-state index contributed by atoms with van der Waals surface area (Å²) in [4.78, 5) is 20.3. The van der Waals surface area contributed by atoms with E-state index in [4.69, 9.17) is 0 Å². The first-order chi connectivity index (χ1) is 13.0. The van der Waals surface area contributed by atoms with Crippen LogP contribution in [0.25, 0.3) is 22.3 Å². The minimum absolute atomic E-state index is 0.0288. The molecule has 27 heavy (non-hydrogen) atoms. The van der Waals surface area contributed by atoms with Gasteiger partial charge in [0, 0.05) is 35.0 Å². The van der Waals surface area contributed by atoms with Crippen LogP contribution in [0.15, 0.2) is 42.6 Å². The number of rotatable bonds is 5. The van der Waals surface area contributed by atoms with Gasteiger partial charge >= 0.3 is 0 Å². The van der Waals surface area contributed by atoms with E-state index in [1.165, 1.54) is 12.1 Å². The molecule has 0 bridgehead atoms. The van der Waals surface area contributed by atoms with Gasteiger partial charge in [-0.15, -0.1) is 0 Å². The molecule has 0 aliphatic heterocycles. The van der Waals surface area contributed by atoms with Crippen molar-refractivity contribution in [1.29, 1.82) is 0 Å². The van der Waals surface area contributed by atoms with Crippen LogP contribution in [0.3, 0.4) is 0 Å². The molecule has 0 radical (unpaired) electrons. The minimum atomic E-state index is -0.270. The van der Waals surface area contributed by atoms with Crippen LogP contribution in [0, 0.1) is 12.7 Å². The average molecular weight is 362 g/mol. The standard InChI is InChI=1S/C21H19FN4O/c1-3-17-12(2)20(26-25-17)19(27)9-13-8-15-10-18(24-21(15)23-11-13)14-4-6-16(22)7-5-14/h4-8,10-11H,3,9H2,1-2H3,(H,23,24)(H,25,26). The topological polar surface area (TPSA) is 74.4 Å². The first-order valence-electron chi connectivity index (χ1n) is 8.85. The highest BCUT2D eigenvalue weighted by molar-refractivity contribution is 5.97. The number of benzene rings is 1. The summed E-state index contributed by atoms with van der Waals surface area (Å²) in [7, 11) is 0. The van der Waals surface area contributed by atoms with E-state index in [2.05, 4.69) is 20.2 Å². The largest absolute Gasteiger partial charge is 0.339 e. The molecule has 0 aliphatic carbocycles. The molecule has 0 unspecified atom stereocenters. The van der Waals surface area contributed by atoms with Crippen molar-refractivity contribution in [2.24, 2.45) is 0 Å². The normalized spacial score (nSPS) is 11.2. The van der Waals surface area contributed by atoms with E-state index in [0.29, 0.717) is 5.69 Å². The molecule has 0 aliphatic rings. The summed E-state index contributed by atoms with van der Waals surface area (Å²) in [6.45, 7) is 3.94. The molecule has 0 saturated heterocycles. The number of carbonyl (C=O) groups excluding carboxylic acids is 1. The quantitative estimate of drug-likeness (QED) is 0.517. The molecule has 136 valence electrons. The van der Waals surface area contributed by atoms with E-state index in [1.807, 2.05) is 26.0 Å². The van der Waals surface area contributed by atoms with Gasteiger partial charge in [0.1, 0.15) is 17.2 Å². The van der Waals surface area contributed by atoms with Crippen LogP contribution in [0.4, 0.5) is 4.39 Å². The highest BCUT2D eigenvalue weighted by atomic mass is 19.1. The highest BCUT2D eigenvalue weighted by Crippen LogP contribution is 2.24. The zero-order chi connectivity index (χ0) is 19.0. The SMILES string of the molecule is CCc1[nH]nc(C(=O)Cc2cnc3[nH]c(-c4ccc(F)cc4)cc3c2)c1C. The van der Waals surface area contributed by atoms with Crippen molar-refractivity contribution in [3.63, 3.8) is 0 Å². The van der Waals surface area contributed by atoms with Gasteiger partial charge < -0.3 is 4.98 Å². The molecule has 4 aromatic rings. The number of H-pyrrole nitrogens is 2. The average Bonchev–Trinajstić information content (AvgIpc) is 3.25. The lowest BCUT2D eigenvalue weighted by Gasteiger charge is -2.00. The van der Waals surface area contributed by atoms with Gasteiger partial charge in [-0.2, -0.15) is 5.10 Å². The van der Waals surface area contributed by atoms with Gasteiger partial charge in [-0.1, -0.05) is 6.92 Å². The Balaban J connectivity index is 1.60. The predicted molar refractivity (Wildman–Crippen MR) is 102 cm³/mol. The van der Waals surface area contributed by atoms with Crippen LogP contribution in [-0.2, 0) is 12.8 Å². The molecule has 1 aromatic carbocycles. The lowest BCUT2D eigenvalue weighted by Crippen LogP contribution is -2.06. The molecule has 0 spiro atoms. The number of hydrogen-bond acceptors (Lipinski definition) is 3. The Morgan fingerprint density at radius 2 is 1.96 bits per heavy atom. The Bertz CT molecular complexity index is 1130. The van der Waals surface area contributed by atoms with Gasteiger partial charge in [0.25, 0.3) is 0 Å². The van der Waals surface area contributed by atoms with Crippen LogP contribution in [0.1, 0.15) is 34.2 Å². The van der Waals surface area contributed by atoms with E-state index >= 15 is 0 Å². The number of carbonyl (C=O) groups is 1. The lowest BCUT2D eigenvalue weighted by molar-refractivity contribution is 0.0987. The first kappa shape index (κ1) is 17.1. The Morgan fingerprint density at radius 3 is 2.67 bits per heavy atom. The van der Waals surface area contributed by atoms with Crippen molar-refractivity contribution < 1.29 is 9.18 Å². The maximum Gasteiger partial charge on any atom is 0.187 e. The van der Waals surface area contributed by atoms with Crippen LogP contribution < -0.4 is 0 Å². The molecule has 5 nitrogen and oxygen atoms in total. The molecule has 0 amide bonds. The molecule has 2 N–H and O–H groups in total. The van der Waals surface area contributed by atoms with Gasteiger partial charge in [0.2, 0.25) is 0 Å². The van der Waals surface area contributed by atoms with Gasteiger partial charge in [0.05, 0.1) is 0 Å². The second-order valence-electron chi connectivity index (χ2n) is 6.60. The summed E-state index contributed by atoms with van der Waals surface area (Å²) >= 11 is 0. The summed E-state index contributed by atoms with van der Waals surface area (Å²) in [5.74, 6) is -0.299. The number of nitrogens with one attached hydrogen (secondary N) is 2. The molecule has 0 saturated carbocycles. The molecule has 6 heteroatoms. The van der Waals surface area contributed by atoms with E-state index < -0.39 is 0 Å². The number of fused-ring (bicyclic) bond motifs is 1. The number of aryl methyl sites for hydroxylation is 1. The van der Waals surface area contributed by atoms with Crippen LogP contribution in [0.5, 0.6) is 0 Å². The highest BCUT2D eigenvalue weighted by Gasteiger charge is 2.16. The van der Waals surface area contributed by atoms with Gasteiger partial charge in [-0.3, -0.25) is 9.89 Å². The molecular formula is C21H19FN4O. The monoisotopic (exact) mass is 362 g/mol. The van der Waals surface area contributed by atoms with Crippen LogP contribution in [-0.4, -0.2) is 25.9 Å². The van der Waals surface area contributed by atoms with Gasteiger partial charge in [-0.25, -0.2) is 9.37 Å². The molecule has 3 heterocycles. The number of ketones is 1. The van der Waals surface area contributed by atoms with E-state index in [9.17, 15) is 9.18 Å². The number of Topliss-reactive ketones (excluding diaryl/α,β-unsaturated/α-hetero) is 1. The number of aromatic amines is 2. The first-order valence-corrected chi connectivity index (χ1v) is 8.85. The number of halogens is 1. The fraction of sp³-hybridized carbons (Fsp3) is 0.190. The summed E-state index contributed by atoms with van der Waals surface area (Å²) in [5.41, 5.74) is 5.70. The van der Waals surface area contributed by atoms with Crippen LogP contribution in [0.2, 0.25) is 0 Å². The maximum atomic E-state index is 13.1. The van der Waals surface area contributed by atoms with E-state index in [-0.39, 0.29) is 18.0 Å². The fourth-order valence-electron chi connectivity index (χ4n) is 3.26. The van der Waals surface area contributed by atoms with Crippen molar-refractivity contribution in [1.82, 2.24) is 20.2 Å². The Morgan fingerprint density at radius 1 is 1.19 bits per heavy atom. The molecule has 3 aromatic heterocycles. The van der Waals surface area contributed by atoms with Crippen molar-refractivity contribution >= 4 is 16.8 Å². The summed E-state index contributed by atoms with van der Waals surface area (Å²) in [6.07, 6.45) is 2.76. The second kappa shape index (κ2) is 6.79. The van der Waals surface area contributed by atoms with Gasteiger partial charge in [-0.05, 0) is 60.9 Å². The number of nitrogens with zero attached hydrogens (tertiary/aromatic N) is 2. The van der Waals surface area contributed by atoms with Crippen molar-refractivity contribution in [3.05, 3.63) is 70.9 Å². The summed E-state index contributed by atoms with van der Waals surface area (Å²) in [5, 5.41) is 8.00. The van der Waals surface area contributed by atoms with Crippen LogP contribution >= 0.6 is 0 Å². The zero-order valence-corrected chi connectivity index (χ0v) is 15.1. The predicted octanol–water partition coefficient (Wildman–Crippen LogP) is 4.39. The maximum absolute atomic E-state index is 13.1. The van der Waals surface area contributed by atoms with Gasteiger partial charge in [0.15, 0.2) is 5.78 Å². The summed E-state index contributed by atoms with van der Waals surface area (Å²) < 4.78 is 13.1. The molecule has 0 fully saturated rings. The third kappa shape index (κ3) is 3.26. The third-order valence-electron chi connectivity index (χ3n) is 4.77. The summed E-state index contributed by atoms with van der Waals surface area (Å²) in [6, 6.07) is 10.2. The zero-order valence-electron chi connectivity index (χ0n) is 15.1. The third-order valence-corrected chi connectivity index (χ3v) is 4.77. The lowest BCUT2D eigenvalue weighted by atomic mass is 10.0. The Labute approximate surface area is 155 Å². The van der Waals surface area contributed by atoms with Crippen molar-refractivity contribution in [2.75, 3.05) is 0 Å². The van der Waals surface area contributed by atoms with E-state index in [1.54, 1.807) is 18.3 Å². The number of hydrogen-bond donors (Lipinski definition) is 2. The number of aromatic nitrogens is 4. The number of pyridine rings is 1. The fourth-order valence-corrected chi connectivity index (χ4v) is 3.26. The molecule has 0 atom stereocenters. The Kier molecular flexibility index (Phi) is 4.32. The minimum Gasteiger partial charge on any atom is -0.339 e. The van der Waals surface area contributed by atoms with Crippen molar-refractivity contribution in [3.8, 4) is 11.3 Å².